The van der Waals surface area contributed by atoms with Crippen molar-refractivity contribution in [1.82, 2.24) is 25.1 Å². The topological polar surface area (TPSA) is 148 Å². The number of carbonyl (C=O) groups excluding carboxylic acids is 3. The lowest BCUT2D eigenvalue weighted by Crippen LogP contribution is -2.33. The molecule has 0 saturated heterocycles. The molecule has 28 heavy (non-hydrogen) atoms. The minimum atomic E-state index is -0.780. The highest BCUT2D eigenvalue weighted by Gasteiger charge is 2.29. The number of carbonyl (C=O) groups is 3. The van der Waals surface area contributed by atoms with Crippen LogP contribution in [0.1, 0.15) is 31.7 Å². The van der Waals surface area contributed by atoms with Gasteiger partial charge in [-0.05, 0) is 25.3 Å². The Labute approximate surface area is 159 Å². The summed E-state index contributed by atoms with van der Waals surface area (Å²) in [5.41, 5.74) is 6.95. The number of nitrogens with two attached hydrogens (primary N) is 1. The molecule has 1 aliphatic rings. The highest BCUT2D eigenvalue weighted by atomic mass is 16.2. The Morgan fingerprint density at radius 1 is 1.21 bits per heavy atom. The van der Waals surface area contributed by atoms with E-state index in [1.165, 1.54) is 7.05 Å². The molecule has 3 aromatic heterocycles. The molecule has 0 aliphatic heterocycles. The van der Waals surface area contributed by atoms with Crippen molar-refractivity contribution in [2.75, 3.05) is 12.4 Å². The fourth-order valence-corrected chi connectivity index (χ4v) is 3.94. The van der Waals surface area contributed by atoms with Gasteiger partial charge in [0.15, 0.2) is 5.65 Å². The molecule has 0 aromatic carbocycles. The van der Waals surface area contributed by atoms with E-state index < -0.39 is 11.8 Å². The molecule has 2 atom stereocenters. The highest BCUT2D eigenvalue weighted by Crippen LogP contribution is 2.37. The first-order chi connectivity index (χ1) is 13.5. The van der Waals surface area contributed by atoms with Crippen LogP contribution in [0, 0.1) is 5.92 Å². The summed E-state index contributed by atoms with van der Waals surface area (Å²) < 4.78 is 1.94. The van der Waals surface area contributed by atoms with Gasteiger partial charge in [0, 0.05) is 30.7 Å². The summed E-state index contributed by atoms with van der Waals surface area (Å²) in [7, 11) is 1.39. The van der Waals surface area contributed by atoms with Gasteiger partial charge in [-0.3, -0.25) is 24.2 Å². The average Bonchev–Trinajstić information content (AvgIpc) is 3.31. The van der Waals surface area contributed by atoms with Crippen LogP contribution >= 0.6 is 0 Å². The lowest BCUT2D eigenvalue weighted by Gasteiger charge is -2.28. The Morgan fingerprint density at radius 2 is 2.04 bits per heavy atom. The number of aromatic amines is 1. The van der Waals surface area contributed by atoms with Crippen LogP contribution < -0.4 is 16.4 Å². The molecule has 1 saturated carbocycles. The number of rotatable bonds is 3. The first kappa shape index (κ1) is 18.0. The van der Waals surface area contributed by atoms with E-state index >= 15 is 0 Å². The largest absolute Gasteiger partial charge is 0.369 e. The second-order valence-electron chi connectivity index (χ2n) is 7.01. The fourth-order valence-electron chi connectivity index (χ4n) is 3.94. The molecule has 0 spiro atoms. The number of likely N-dealkylation sites (N-methyl/N-ethyl adjacent to an activating group) is 1. The molecule has 3 amide bonds. The maximum Gasteiger partial charge on any atom is 0.314 e. The summed E-state index contributed by atoms with van der Waals surface area (Å²) in [6, 6.07) is 1.85. The molecule has 10 heteroatoms. The molecule has 146 valence electrons. The van der Waals surface area contributed by atoms with Gasteiger partial charge in [0.05, 0.1) is 16.9 Å². The molecule has 5 N–H and O–H groups in total. The normalized spacial score (nSPS) is 19.6. The van der Waals surface area contributed by atoms with Crippen LogP contribution in [-0.2, 0) is 14.4 Å². The van der Waals surface area contributed by atoms with Gasteiger partial charge in [0.25, 0.3) is 0 Å². The van der Waals surface area contributed by atoms with Gasteiger partial charge in [-0.15, -0.1) is 0 Å². The Kier molecular flexibility index (Phi) is 4.46. The van der Waals surface area contributed by atoms with Crippen molar-refractivity contribution in [3.8, 4) is 0 Å². The fraction of sp³-hybridized carbons (Fsp3) is 0.389. The molecule has 1 aliphatic carbocycles. The number of pyridine rings is 1. The maximum atomic E-state index is 12.1. The minimum Gasteiger partial charge on any atom is -0.369 e. The number of amides is 3. The van der Waals surface area contributed by atoms with E-state index in [1.54, 1.807) is 12.4 Å². The van der Waals surface area contributed by atoms with E-state index in [0.717, 1.165) is 30.2 Å². The standard InChI is InChI=1S/C18H21N7O3/c1-20-17(27)18(28)23-16-12-8-22-15-11(5-6-21-15)13(12)25(24-16)10-4-2-3-9(7-10)14(19)26/h5-6,8-10,24H,2-4,7H2,1H3,(H2,19,26)(H,20,27)(H,23,28)/t9-,10-/m1/s1. The average molecular weight is 383 g/mol. The number of H-pyrrole nitrogens is 1. The van der Waals surface area contributed by atoms with Crippen molar-refractivity contribution >= 4 is 45.5 Å². The van der Waals surface area contributed by atoms with E-state index in [-0.39, 0.29) is 17.9 Å². The first-order valence-corrected chi connectivity index (χ1v) is 9.15. The number of primary amides is 1. The summed E-state index contributed by atoms with van der Waals surface area (Å²) in [4.78, 5) is 44.0. The van der Waals surface area contributed by atoms with Gasteiger partial charge in [-0.1, -0.05) is 6.42 Å². The zero-order valence-electron chi connectivity index (χ0n) is 15.4. The molecule has 1 fully saturated rings. The zero-order valence-corrected chi connectivity index (χ0v) is 15.4. The molecular weight excluding hydrogens is 362 g/mol. The second-order valence-corrected chi connectivity index (χ2v) is 7.01. The van der Waals surface area contributed by atoms with E-state index in [0.29, 0.717) is 23.3 Å². The van der Waals surface area contributed by atoms with E-state index in [9.17, 15) is 14.4 Å². The van der Waals surface area contributed by atoms with Crippen molar-refractivity contribution in [1.29, 1.82) is 0 Å². The van der Waals surface area contributed by atoms with Gasteiger partial charge in [-0.2, -0.15) is 0 Å². The molecule has 0 bridgehead atoms. The van der Waals surface area contributed by atoms with E-state index in [2.05, 4.69) is 25.7 Å². The second kappa shape index (κ2) is 6.95. The van der Waals surface area contributed by atoms with Crippen molar-refractivity contribution < 1.29 is 14.4 Å². The molecular formula is C18H21N7O3. The van der Waals surface area contributed by atoms with Crippen LogP contribution in [0.5, 0.6) is 0 Å². The third-order valence-corrected chi connectivity index (χ3v) is 5.33. The number of aromatic nitrogens is 4. The number of nitrogens with one attached hydrogen (secondary N) is 3. The quantitative estimate of drug-likeness (QED) is 0.494. The monoisotopic (exact) mass is 383 g/mol. The van der Waals surface area contributed by atoms with E-state index in [4.69, 9.17) is 5.73 Å². The van der Waals surface area contributed by atoms with Crippen LogP contribution in [0.15, 0.2) is 18.5 Å². The highest BCUT2D eigenvalue weighted by molar-refractivity contribution is 6.40. The lowest BCUT2D eigenvalue weighted by molar-refractivity contribution is -0.135. The van der Waals surface area contributed by atoms with Crippen molar-refractivity contribution in [2.24, 2.45) is 11.7 Å². The molecule has 4 rings (SSSR count). The smallest absolute Gasteiger partial charge is 0.314 e. The third-order valence-electron chi connectivity index (χ3n) is 5.33. The van der Waals surface area contributed by atoms with Crippen molar-refractivity contribution in [2.45, 2.75) is 31.7 Å². The number of hydrogen-bond acceptors (Lipinski definition) is 5. The van der Waals surface area contributed by atoms with Crippen molar-refractivity contribution in [3.05, 3.63) is 18.5 Å². The summed E-state index contributed by atoms with van der Waals surface area (Å²) in [5.74, 6) is -1.64. The van der Waals surface area contributed by atoms with Crippen molar-refractivity contribution in [3.63, 3.8) is 0 Å². The number of nitrogens with zero attached hydrogens (tertiary/aromatic N) is 3. The molecule has 0 radical (unpaired) electrons. The molecule has 3 aromatic rings. The Hall–Kier alpha value is -3.43. The third kappa shape index (κ3) is 2.96. The number of hydrogen-bond donors (Lipinski definition) is 4. The van der Waals surface area contributed by atoms with Gasteiger partial charge >= 0.3 is 11.8 Å². The van der Waals surface area contributed by atoms with E-state index in [1.807, 2.05) is 10.7 Å². The van der Waals surface area contributed by atoms with Gasteiger partial charge in [-0.25, -0.2) is 9.97 Å². The van der Waals surface area contributed by atoms with Crippen LogP contribution in [0.3, 0.4) is 0 Å². The Balaban J connectivity index is 1.83. The van der Waals surface area contributed by atoms with Crippen LogP contribution in [-0.4, -0.2) is 44.5 Å². The first-order valence-electron chi connectivity index (χ1n) is 9.15. The van der Waals surface area contributed by atoms with Crippen LogP contribution in [0.4, 0.5) is 5.82 Å². The zero-order chi connectivity index (χ0) is 19.8. The van der Waals surface area contributed by atoms with Crippen LogP contribution in [0.2, 0.25) is 0 Å². The minimum absolute atomic E-state index is 0.0000892. The summed E-state index contributed by atoms with van der Waals surface area (Å²) in [6.45, 7) is 0. The Morgan fingerprint density at radius 3 is 2.79 bits per heavy atom. The SMILES string of the molecule is CNC(=O)C(=O)Nc1[nH]n([C@@H]2CCC[C@@H](C(N)=O)C2)c2c1cnc1nccc12. The predicted molar refractivity (Wildman–Crippen MR) is 102 cm³/mol. The molecule has 3 heterocycles. The summed E-state index contributed by atoms with van der Waals surface area (Å²) in [5, 5.41) is 9.60. The molecule has 10 nitrogen and oxygen atoms in total. The van der Waals surface area contributed by atoms with Gasteiger partial charge in [0.1, 0.15) is 5.82 Å². The Bertz CT molecular complexity index is 1080. The number of fused-ring (bicyclic) bond motifs is 3. The number of anilines is 1. The summed E-state index contributed by atoms with van der Waals surface area (Å²) >= 11 is 0. The summed E-state index contributed by atoms with van der Waals surface area (Å²) in [6.07, 6.45) is 6.41. The predicted octanol–water partition coefficient (Wildman–Crippen LogP) is 0.814. The van der Waals surface area contributed by atoms with Gasteiger partial charge in [0.2, 0.25) is 5.91 Å². The molecule has 0 unspecified atom stereocenters. The van der Waals surface area contributed by atoms with Gasteiger partial charge < -0.3 is 16.4 Å². The van der Waals surface area contributed by atoms with Crippen LogP contribution in [0.25, 0.3) is 21.9 Å². The lowest BCUT2D eigenvalue weighted by atomic mass is 9.85. The maximum absolute atomic E-state index is 12.1.